The van der Waals surface area contributed by atoms with Crippen molar-refractivity contribution < 1.29 is 4.79 Å². The number of hydrogen-bond acceptors (Lipinski definition) is 2. The molecule has 0 aliphatic rings. The van der Waals surface area contributed by atoms with E-state index in [1.54, 1.807) is 23.6 Å². The van der Waals surface area contributed by atoms with E-state index in [1.807, 2.05) is 31.2 Å². The molecule has 0 saturated carbocycles. The SMILES string of the molecule is Cc1ccc(C(=O)/C=C/Sc2c(Cl)cccc2Cl)cc1. The Morgan fingerprint density at radius 2 is 1.65 bits per heavy atom. The molecule has 0 unspecified atom stereocenters. The molecule has 0 aliphatic carbocycles. The van der Waals surface area contributed by atoms with Gasteiger partial charge in [0.05, 0.1) is 10.0 Å². The van der Waals surface area contributed by atoms with Crippen LogP contribution in [0.1, 0.15) is 15.9 Å². The summed E-state index contributed by atoms with van der Waals surface area (Å²) in [7, 11) is 0. The molecule has 0 fully saturated rings. The van der Waals surface area contributed by atoms with E-state index in [0.717, 1.165) is 10.5 Å². The molecule has 0 saturated heterocycles. The summed E-state index contributed by atoms with van der Waals surface area (Å²) in [5, 5.41) is 2.86. The second kappa shape index (κ2) is 6.98. The summed E-state index contributed by atoms with van der Waals surface area (Å²) in [6, 6.07) is 12.8. The summed E-state index contributed by atoms with van der Waals surface area (Å²) in [5.41, 5.74) is 1.79. The van der Waals surface area contributed by atoms with Gasteiger partial charge >= 0.3 is 0 Å². The molecule has 0 atom stereocenters. The molecule has 102 valence electrons. The standard InChI is InChI=1S/C16H12Cl2OS/c1-11-5-7-12(8-6-11)15(19)9-10-20-16-13(17)3-2-4-14(16)18/h2-10H,1H3/b10-9+. The van der Waals surface area contributed by atoms with Gasteiger partial charge < -0.3 is 0 Å². The largest absolute Gasteiger partial charge is 0.289 e. The van der Waals surface area contributed by atoms with E-state index < -0.39 is 0 Å². The molecule has 0 spiro atoms. The van der Waals surface area contributed by atoms with Crippen molar-refractivity contribution in [1.29, 1.82) is 0 Å². The quantitative estimate of drug-likeness (QED) is 0.402. The highest BCUT2D eigenvalue weighted by Crippen LogP contribution is 2.34. The zero-order chi connectivity index (χ0) is 14.5. The van der Waals surface area contributed by atoms with Gasteiger partial charge in [0.25, 0.3) is 0 Å². The second-order valence-electron chi connectivity index (χ2n) is 4.20. The molecule has 0 aliphatic heterocycles. The third-order valence-corrected chi connectivity index (χ3v) is 4.46. The predicted octanol–water partition coefficient (Wildman–Crippen LogP) is 5.79. The summed E-state index contributed by atoms with van der Waals surface area (Å²) < 4.78 is 0. The molecule has 0 heterocycles. The molecule has 0 N–H and O–H groups in total. The average molecular weight is 323 g/mol. The monoisotopic (exact) mass is 322 g/mol. The van der Waals surface area contributed by atoms with Crippen LogP contribution in [-0.2, 0) is 0 Å². The van der Waals surface area contributed by atoms with E-state index in [9.17, 15) is 4.79 Å². The molecule has 1 nitrogen and oxygen atoms in total. The van der Waals surface area contributed by atoms with Crippen molar-refractivity contribution in [1.82, 2.24) is 0 Å². The zero-order valence-corrected chi connectivity index (χ0v) is 13.1. The number of halogens is 2. The van der Waals surface area contributed by atoms with Gasteiger partial charge in [-0.05, 0) is 30.5 Å². The number of benzene rings is 2. The van der Waals surface area contributed by atoms with Gasteiger partial charge in [-0.1, -0.05) is 70.9 Å². The minimum absolute atomic E-state index is 0.0410. The van der Waals surface area contributed by atoms with Crippen LogP contribution < -0.4 is 0 Å². The van der Waals surface area contributed by atoms with Crippen LogP contribution in [0, 0.1) is 6.92 Å². The van der Waals surface area contributed by atoms with Gasteiger partial charge in [0.15, 0.2) is 5.78 Å². The van der Waals surface area contributed by atoms with E-state index in [2.05, 4.69) is 0 Å². The Morgan fingerprint density at radius 1 is 1.05 bits per heavy atom. The highest BCUT2D eigenvalue weighted by atomic mass is 35.5. The lowest BCUT2D eigenvalue weighted by atomic mass is 10.1. The van der Waals surface area contributed by atoms with Gasteiger partial charge in [-0.25, -0.2) is 0 Å². The maximum absolute atomic E-state index is 11.9. The highest BCUT2D eigenvalue weighted by molar-refractivity contribution is 8.02. The Bertz CT molecular complexity index is 628. The maximum atomic E-state index is 11.9. The van der Waals surface area contributed by atoms with Gasteiger partial charge in [0.2, 0.25) is 0 Å². The first-order valence-corrected chi connectivity index (χ1v) is 7.59. The molecule has 0 radical (unpaired) electrons. The van der Waals surface area contributed by atoms with Gasteiger partial charge in [-0.2, -0.15) is 0 Å². The van der Waals surface area contributed by atoms with Crippen molar-refractivity contribution in [2.45, 2.75) is 11.8 Å². The number of aryl methyl sites for hydroxylation is 1. The molecule has 2 aromatic rings. The smallest absolute Gasteiger partial charge is 0.186 e. The van der Waals surface area contributed by atoms with Gasteiger partial charge in [-0.15, -0.1) is 0 Å². The lowest BCUT2D eigenvalue weighted by Gasteiger charge is -2.02. The minimum atomic E-state index is -0.0410. The number of hydrogen-bond donors (Lipinski definition) is 0. The topological polar surface area (TPSA) is 17.1 Å². The van der Waals surface area contributed by atoms with Crippen LogP contribution in [0.3, 0.4) is 0 Å². The number of thioether (sulfide) groups is 1. The van der Waals surface area contributed by atoms with Crippen LogP contribution in [0.2, 0.25) is 10.0 Å². The lowest BCUT2D eigenvalue weighted by Crippen LogP contribution is -1.93. The summed E-state index contributed by atoms with van der Waals surface area (Å²) in [5.74, 6) is -0.0410. The van der Waals surface area contributed by atoms with Crippen molar-refractivity contribution in [3.63, 3.8) is 0 Å². The van der Waals surface area contributed by atoms with Gasteiger partial charge in [-0.3, -0.25) is 4.79 Å². The normalized spacial score (nSPS) is 10.9. The Hall–Kier alpha value is -1.22. The van der Waals surface area contributed by atoms with E-state index >= 15 is 0 Å². The number of carbonyl (C=O) groups is 1. The molecule has 0 amide bonds. The maximum Gasteiger partial charge on any atom is 0.186 e. The van der Waals surface area contributed by atoms with E-state index in [4.69, 9.17) is 23.2 Å². The zero-order valence-electron chi connectivity index (χ0n) is 10.8. The number of carbonyl (C=O) groups excluding carboxylic acids is 1. The van der Waals surface area contributed by atoms with E-state index in [0.29, 0.717) is 15.6 Å². The highest BCUT2D eigenvalue weighted by Gasteiger charge is 2.05. The van der Waals surface area contributed by atoms with Crippen LogP contribution in [0.4, 0.5) is 0 Å². The number of ketones is 1. The van der Waals surface area contributed by atoms with Gasteiger partial charge in [0, 0.05) is 10.5 Å². The Balaban J connectivity index is 2.07. The summed E-state index contributed by atoms with van der Waals surface area (Å²) in [6.07, 6.45) is 1.52. The van der Waals surface area contributed by atoms with Gasteiger partial charge in [0.1, 0.15) is 0 Å². The first-order chi connectivity index (χ1) is 9.58. The third kappa shape index (κ3) is 3.89. The van der Waals surface area contributed by atoms with Crippen molar-refractivity contribution in [3.05, 3.63) is 75.1 Å². The van der Waals surface area contributed by atoms with Crippen LogP contribution >= 0.6 is 35.0 Å². The second-order valence-corrected chi connectivity index (χ2v) is 5.93. The van der Waals surface area contributed by atoms with Crippen molar-refractivity contribution >= 4 is 40.7 Å². The lowest BCUT2D eigenvalue weighted by molar-refractivity contribution is 0.104. The fraction of sp³-hybridized carbons (Fsp3) is 0.0625. The van der Waals surface area contributed by atoms with Crippen LogP contribution in [0.15, 0.2) is 58.8 Å². The molecular weight excluding hydrogens is 311 g/mol. The van der Waals surface area contributed by atoms with E-state index in [-0.39, 0.29) is 5.78 Å². The summed E-state index contributed by atoms with van der Waals surface area (Å²) in [6.45, 7) is 1.99. The molecular formula is C16H12Cl2OS. The minimum Gasteiger partial charge on any atom is -0.289 e. The Morgan fingerprint density at radius 3 is 2.25 bits per heavy atom. The Labute approximate surface area is 132 Å². The predicted molar refractivity (Wildman–Crippen MR) is 87.0 cm³/mol. The molecule has 2 rings (SSSR count). The van der Waals surface area contributed by atoms with E-state index in [1.165, 1.54) is 17.8 Å². The Kier molecular flexibility index (Phi) is 5.30. The van der Waals surface area contributed by atoms with Crippen molar-refractivity contribution in [2.24, 2.45) is 0 Å². The molecule has 20 heavy (non-hydrogen) atoms. The fourth-order valence-electron chi connectivity index (χ4n) is 1.57. The first kappa shape index (κ1) is 15.2. The third-order valence-electron chi connectivity index (χ3n) is 2.66. The fourth-order valence-corrected chi connectivity index (χ4v) is 2.93. The molecule has 0 bridgehead atoms. The van der Waals surface area contributed by atoms with Crippen molar-refractivity contribution in [2.75, 3.05) is 0 Å². The molecule has 2 aromatic carbocycles. The first-order valence-electron chi connectivity index (χ1n) is 5.96. The van der Waals surface area contributed by atoms with Crippen LogP contribution in [0.25, 0.3) is 0 Å². The summed E-state index contributed by atoms with van der Waals surface area (Å²) in [4.78, 5) is 12.7. The number of rotatable bonds is 4. The molecule has 0 aromatic heterocycles. The molecule has 4 heteroatoms. The average Bonchev–Trinajstić information content (AvgIpc) is 2.42. The van der Waals surface area contributed by atoms with Crippen molar-refractivity contribution in [3.8, 4) is 0 Å². The number of allylic oxidation sites excluding steroid dienone is 1. The summed E-state index contributed by atoms with van der Waals surface area (Å²) >= 11 is 13.4. The van der Waals surface area contributed by atoms with Crippen LogP contribution in [0.5, 0.6) is 0 Å². The van der Waals surface area contributed by atoms with Crippen LogP contribution in [-0.4, -0.2) is 5.78 Å².